The van der Waals surface area contributed by atoms with Crippen LogP contribution in [0.25, 0.3) is 16.7 Å². The highest BCUT2D eigenvalue weighted by molar-refractivity contribution is 7.10. The number of halogens is 2. The molecular weight excluding hydrogens is 422 g/mol. The van der Waals surface area contributed by atoms with Crippen LogP contribution in [0.5, 0.6) is 5.88 Å². The Hall–Kier alpha value is -2.81. The number of benzene rings is 2. The van der Waals surface area contributed by atoms with Gasteiger partial charge in [0.25, 0.3) is 0 Å². The summed E-state index contributed by atoms with van der Waals surface area (Å²) in [5.74, 6) is -1.98. The summed E-state index contributed by atoms with van der Waals surface area (Å²) in [5.41, 5.74) is 2.74. The molecule has 2 aromatic carbocycles. The van der Waals surface area contributed by atoms with E-state index < -0.39 is 11.6 Å². The van der Waals surface area contributed by atoms with E-state index in [1.807, 2.05) is 24.3 Å². The Labute approximate surface area is 182 Å². The lowest BCUT2D eigenvalue weighted by atomic mass is 9.97. The number of rotatable bonds is 6. The van der Waals surface area contributed by atoms with Gasteiger partial charge in [0.2, 0.25) is 5.88 Å². The Kier molecular flexibility index (Phi) is 6.60. The van der Waals surface area contributed by atoms with Crippen LogP contribution in [0, 0.1) is 11.6 Å². The number of thiazole rings is 1. The smallest absolute Gasteiger partial charge is 0.307 e. The number of nitrogens with one attached hydrogen (secondary N) is 1. The van der Waals surface area contributed by atoms with Crippen LogP contribution < -0.4 is 4.87 Å². The van der Waals surface area contributed by atoms with Gasteiger partial charge >= 0.3 is 4.87 Å². The summed E-state index contributed by atoms with van der Waals surface area (Å²) >= 11 is 0.937. The molecule has 1 aliphatic rings. The van der Waals surface area contributed by atoms with Gasteiger partial charge in [0.1, 0.15) is 0 Å². The number of hydrogen-bond acceptors (Lipinski definition) is 5. The molecule has 4 rings (SSSR count). The molecule has 0 radical (unpaired) electrons. The first-order valence-electron chi connectivity index (χ1n) is 10.00. The van der Waals surface area contributed by atoms with Crippen LogP contribution in [0.3, 0.4) is 0 Å². The van der Waals surface area contributed by atoms with Gasteiger partial charge in [-0.3, -0.25) is 14.7 Å². The highest BCUT2D eigenvalue weighted by atomic mass is 32.1. The summed E-state index contributed by atoms with van der Waals surface area (Å²) in [6, 6.07) is 11.1. The molecule has 0 aliphatic carbocycles. The zero-order valence-electron chi connectivity index (χ0n) is 16.7. The van der Waals surface area contributed by atoms with Crippen LogP contribution in [0.2, 0.25) is 0 Å². The second-order valence-corrected chi connectivity index (χ2v) is 8.25. The van der Waals surface area contributed by atoms with Gasteiger partial charge in [0.15, 0.2) is 11.6 Å². The fourth-order valence-electron chi connectivity index (χ4n) is 3.60. The zero-order chi connectivity index (χ0) is 21.8. The normalized spacial score (nSPS) is 15.4. The maximum Gasteiger partial charge on any atom is 0.307 e. The number of H-pyrrole nitrogens is 1. The van der Waals surface area contributed by atoms with Gasteiger partial charge < -0.3 is 9.84 Å². The lowest BCUT2D eigenvalue weighted by Gasteiger charge is -2.26. The molecule has 31 heavy (non-hydrogen) atoms. The van der Waals surface area contributed by atoms with Crippen molar-refractivity contribution < 1.29 is 18.6 Å². The topological polar surface area (TPSA) is 65.6 Å². The Morgan fingerprint density at radius 2 is 1.90 bits per heavy atom. The molecule has 0 unspecified atom stereocenters. The van der Waals surface area contributed by atoms with Crippen molar-refractivity contribution >= 4 is 16.9 Å². The summed E-state index contributed by atoms with van der Waals surface area (Å²) in [6.45, 7) is 4.00. The minimum absolute atomic E-state index is 0.175. The largest absolute Gasteiger partial charge is 0.493 e. The van der Waals surface area contributed by atoms with Crippen molar-refractivity contribution in [2.75, 3.05) is 32.8 Å². The molecule has 2 heterocycles. The van der Waals surface area contributed by atoms with Gasteiger partial charge in [-0.25, -0.2) is 8.78 Å². The molecule has 1 fully saturated rings. The van der Waals surface area contributed by atoms with Crippen molar-refractivity contribution in [3.05, 3.63) is 80.3 Å². The fourth-order valence-corrected chi connectivity index (χ4v) is 4.39. The van der Waals surface area contributed by atoms with E-state index in [0.717, 1.165) is 60.7 Å². The quantitative estimate of drug-likeness (QED) is 0.597. The van der Waals surface area contributed by atoms with E-state index in [1.165, 1.54) is 6.07 Å². The number of aromatic hydroxyl groups is 1. The Morgan fingerprint density at radius 3 is 2.61 bits per heavy atom. The summed E-state index contributed by atoms with van der Waals surface area (Å²) in [7, 11) is 0. The maximum atomic E-state index is 13.7. The lowest BCUT2D eigenvalue weighted by molar-refractivity contribution is 0.0387. The molecule has 5 nitrogen and oxygen atoms in total. The molecule has 1 saturated heterocycles. The van der Waals surface area contributed by atoms with E-state index in [9.17, 15) is 18.7 Å². The highest BCUT2D eigenvalue weighted by Gasteiger charge is 2.16. The standard InChI is InChI=1S/C23H22F2N2O3S/c24-19-7-6-16(14-20(19)25)15-3-1-4-17(13-15)18(21-22(28)26-23(29)31-21)5-2-8-27-9-11-30-12-10-27/h1,3-7,13-14,28H,2,8-12H2,(H,26,29). The number of aromatic amines is 1. The van der Waals surface area contributed by atoms with Gasteiger partial charge in [-0.15, -0.1) is 0 Å². The molecule has 2 N–H and O–H groups in total. The molecule has 0 atom stereocenters. The third kappa shape index (κ3) is 5.10. The minimum Gasteiger partial charge on any atom is -0.493 e. The first kappa shape index (κ1) is 21.4. The number of morpholine rings is 1. The van der Waals surface area contributed by atoms with E-state index in [0.29, 0.717) is 29.2 Å². The average Bonchev–Trinajstić information content (AvgIpc) is 3.11. The molecule has 1 aromatic heterocycles. The fraction of sp³-hybridized carbons (Fsp3) is 0.261. The first-order chi connectivity index (χ1) is 15.0. The summed E-state index contributed by atoms with van der Waals surface area (Å²) in [6.07, 6.45) is 2.72. The second-order valence-electron chi connectivity index (χ2n) is 7.26. The molecule has 0 amide bonds. The van der Waals surface area contributed by atoms with E-state index >= 15 is 0 Å². The van der Waals surface area contributed by atoms with Gasteiger partial charge in [-0.1, -0.05) is 41.7 Å². The zero-order valence-corrected chi connectivity index (χ0v) is 17.6. The van der Waals surface area contributed by atoms with Crippen molar-refractivity contribution in [2.24, 2.45) is 0 Å². The minimum atomic E-state index is -0.911. The van der Waals surface area contributed by atoms with Crippen LogP contribution in [-0.4, -0.2) is 47.8 Å². The molecule has 1 aliphatic heterocycles. The molecule has 0 saturated carbocycles. The van der Waals surface area contributed by atoms with Crippen molar-refractivity contribution in [3.8, 4) is 17.0 Å². The van der Waals surface area contributed by atoms with Gasteiger partial charge in [-0.05, 0) is 41.3 Å². The maximum absolute atomic E-state index is 13.7. The van der Waals surface area contributed by atoms with Crippen LogP contribution >= 0.6 is 11.3 Å². The number of nitrogens with zero attached hydrogens (tertiary/aromatic N) is 1. The number of aromatic nitrogens is 1. The number of ether oxygens (including phenoxy) is 1. The molecular formula is C23H22F2N2O3S. The van der Waals surface area contributed by atoms with E-state index in [-0.39, 0.29) is 10.8 Å². The lowest BCUT2D eigenvalue weighted by Crippen LogP contribution is -2.36. The molecule has 0 bridgehead atoms. The molecule has 8 heteroatoms. The van der Waals surface area contributed by atoms with Crippen LogP contribution in [-0.2, 0) is 4.74 Å². The third-order valence-corrected chi connectivity index (χ3v) is 6.10. The van der Waals surface area contributed by atoms with Crippen LogP contribution in [0.1, 0.15) is 16.9 Å². The Bertz CT molecular complexity index is 1150. The van der Waals surface area contributed by atoms with Gasteiger partial charge in [0, 0.05) is 25.2 Å². The van der Waals surface area contributed by atoms with Crippen LogP contribution in [0.15, 0.2) is 53.3 Å². The van der Waals surface area contributed by atoms with Crippen molar-refractivity contribution in [2.45, 2.75) is 6.42 Å². The van der Waals surface area contributed by atoms with Crippen LogP contribution in [0.4, 0.5) is 8.78 Å². The predicted octanol–water partition coefficient (Wildman–Crippen LogP) is 4.24. The predicted molar refractivity (Wildman–Crippen MR) is 117 cm³/mol. The van der Waals surface area contributed by atoms with Crippen molar-refractivity contribution in [1.29, 1.82) is 0 Å². The third-order valence-electron chi connectivity index (χ3n) is 5.20. The average molecular weight is 445 g/mol. The Balaban J connectivity index is 1.67. The first-order valence-corrected chi connectivity index (χ1v) is 10.8. The van der Waals surface area contributed by atoms with E-state index in [2.05, 4.69) is 9.88 Å². The molecule has 0 spiro atoms. The monoisotopic (exact) mass is 444 g/mol. The summed E-state index contributed by atoms with van der Waals surface area (Å²) < 4.78 is 32.4. The van der Waals surface area contributed by atoms with Crippen molar-refractivity contribution in [1.82, 2.24) is 9.88 Å². The molecule has 162 valence electrons. The summed E-state index contributed by atoms with van der Waals surface area (Å²) in [4.78, 5) is 16.6. The molecule has 3 aromatic rings. The SMILES string of the molecule is O=c1[nH]c(O)c(C(=CCCN2CCOCC2)c2cccc(-c3ccc(F)c(F)c3)c2)s1. The highest BCUT2D eigenvalue weighted by Crippen LogP contribution is 2.34. The number of hydrogen-bond donors (Lipinski definition) is 2. The Morgan fingerprint density at radius 1 is 1.13 bits per heavy atom. The van der Waals surface area contributed by atoms with E-state index in [4.69, 9.17) is 4.74 Å². The summed E-state index contributed by atoms with van der Waals surface area (Å²) in [5, 5.41) is 10.3. The van der Waals surface area contributed by atoms with Crippen molar-refractivity contribution in [3.63, 3.8) is 0 Å². The van der Waals surface area contributed by atoms with E-state index in [1.54, 1.807) is 6.07 Å². The van der Waals surface area contributed by atoms with Gasteiger partial charge in [0.05, 0.1) is 18.1 Å². The second kappa shape index (κ2) is 9.55. The van der Waals surface area contributed by atoms with Gasteiger partial charge in [-0.2, -0.15) is 0 Å².